The highest BCUT2D eigenvalue weighted by molar-refractivity contribution is 9.10. The first-order valence-electron chi connectivity index (χ1n) is 6.13. The van der Waals surface area contributed by atoms with Crippen LogP contribution in [0.5, 0.6) is 0 Å². The van der Waals surface area contributed by atoms with E-state index in [-0.39, 0.29) is 6.04 Å². The third kappa shape index (κ3) is 3.56. The molecule has 4 heteroatoms. The van der Waals surface area contributed by atoms with Crippen LogP contribution in [0, 0.1) is 6.92 Å². The normalized spacial score (nSPS) is 12.4. The zero-order valence-electron chi connectivity index (χ0n) is 11.0. The minimum atomic E-state index is 0.244. The Morgan fingerprint density at radius 3 is 2.79 bits per heavy atom. The molecule has 100 valence electrons. The summed E-state index contributed by atoms with van der Waals surface area (Å²) in [6.07, 6.45) is 4.32. The quantitative estimate of drug-likeness (QED) is 0.898. The first kappa shape index (κ1) is 14.5. The van der Waals surface area contributed by atoms with Crippen LogP contribution in [0.25, 0.3) is 0 Å². The summed E-state index contributed by atoms with van der Waals surface area (Å²) in [4.78, 5) is 4.02. The highest BCUT2D eigenvalue weighted by atomic mass is 79.9. The summed E-state index contributed by atoms with van der Waals surface area (Å²) in [5.74, 6) is 0. The lowest BCUT2D eigenvalue weighted by atomic mass is 9.96. The Hall–Kier alpha value is -0.900. The lowest BCUT2D eigenvalue weighted by Gasteiger charge is -2.19. The average Bonchev–Trinajstić information content (AvgIpc) is 2.39. The van der Waals surface area contributed by atoms with Crippen molar-refractivity contribution in [2.24, 2.45) is 0 Å². The molecule has 1 N–H and O–H groups in total. The Morgan fingerprint density at radius 1 is 1.37 bits per heavy atom. The molecule has 2 rings (SSSR count). The van der Waals surface area contributed by atoms with Crippen LogP contribution in [-0.4, -0.2) is 12.0 Å². The molecule has 0 aliphatic heterocycles. The standard InChI is InChI=1S/C15H16BrClN2/c1-10-7-12(16)3-4-13(10)15(18-2)8-11-5-6-19-9-14(11)17/h3-7,9,15,18H,8H2,1-2H3. The van der Waals surface area contributed by atoms with E-state index in [9.17, 15) is 0 Å². The Kier molecular flexibility index (Phi) is 4.97. The van der Waals surface area contributed by atoms with Gasteiger partial charge in [-0.3, -0.25) is 4.98 Å². The predicted octanol–water partition coefficient (Wildman–Crippen LogP) is 4.31. The van der Waals surface area contributed by atoms with Crippen molar-refractivity contribution < 1.29 is 0 Å². The number of pyridine rings is 1. The van der Waals surface area contributed by atoms with Crippen LogP contribution in [-0.2, 0) is 6.42 Å². The summed E-state index contributed by atoms with van der Waals surface area (Å²) in [6.45, 7) is 2.12. The van der Waals surface area contributed by atoms with Gasteiger partial charge in [-0.05, 0) is 55.3 Å². The Bertz CT molecular complexity index is 572. The zero-order chi connectivity index (χ0) is 13.8. The van der Waals surface area contributed by atoms with E-state index in [2.05, 4.69) is 51.4 Å². The molecule has 1 aromatic heterocycles. The molecule has 0 radical (unpaired) electrons. The molecular weight excluding hydrogens is 324 g/mol. The summed E-state index contributed by atoms with van der Waals surface area (Å²) in [7, 11) is 1.97. The maximum atomic E-state index is 6.18. The largest absolute Gasteiger partial charge is 0.313 e. The number of likely N-dealkylation sites (N-methyl/N-ethyl adjacent to an activating group) is 1. The highest BCUT2D eigenvalue weighted by Gasteiger charge is 2.14. The molecule has 1 aromatic carbocycles. The fraction of sp³-hybridized carbons (Fsp3) is 0.267. The smallest absolute Gasteiger partial charge is 0.0622 e. The number of nitrogens with one attached hydrogen (secondary N) is 1. The molecule has 1 unspecified atom stereocenters. The van der Waals surface area contributed by atoms with Gasteiger partial charge in [0.05, 0.1) is 5.02 Å². The van der Waals surface area contributed by atoms with Crippen molar-refractivity contribution in [3.05, 3.63) is 62.8 Å². The van der Waals surface area contributed by atoms with Crippen molar-refractivity contribution in [1.29, 1.82) is 0 Å². The van der Waals surface area contributed by atoms with Crippen LogP contribution in [0.1, 0.15) is 22.7 Å². The molecule has 0 bridgehead atoms. The number of aromatic nitrogens is 1. The number of halogens is 2. The second-order valence-electron chi connectivity index (χ2n) is 4.51. The number of aryl methyl sites for hydroxylation is 1. The SMILES string of the molecule is CNC(Cc1ccncc1Cl)c1ccc(Br)cc1C. The highest BCUT2D eigenvalue weighted by Crippen LogP contribution is 2.26. The Labute approximate surface area is 127 Å². The van der Waals surface area contributed by atoms with E-state index >= 15 is 0 Å². The maximum Gasteiger partial charge on any atom is 0.0622 e. The van der Waals surface area contributed by atoms with Crippen molar-refractivity contribution in [2.45, 2.75) is 19.4 Å². The number of hydrogen-bond donors (Lipinski definition) is 1. The molecule has 19 heavy (non-hydrogen) atoms. The van der Waals surface area contributed by atoms with Gasteiger partial charge in [-0.1, -0.05) is 33.6 Å². The second kappa shape index (κ2) is 6.51. The van der Waals surface area contributed by atoms with Gasteiger partial charge in [0.15, 0.2) is 0 Å². The van der Waals surface area contributed by atoms with Crippen LogP contribution < -0.4 is 5.32 Å². The topological polar surface area (TPSA) is 24.9 Å². The van der Waals surface area contributed by atoms with E-state index in [1.54, 1.807) is 12.4 Å². The minimum absolute atomic E-state index is 0.244. The van der Waals surface area contributed by atoms with Crippen LogP contribution in [0.2, 0.25) is 5.02 Å². The molecule has 0 fully saturated rings. The molecule has 0 saturated carbocycles. The lowest BCUT2D eigenvalue weighted by molar-refractivity contribution is 0.588. The fourth-order valence-corrected chi connectivity index (χ4v) is 2.86. The molecule has 2 aromatic rings. The Balaban J connectivity index is 2.28. The number of rotatable bonds is 4. The van der Waals surface area contributed by atoms with E-state index in [0.29, 0.717) is 0 Å². The molecular formula is C15H16BrClN2. The van der Waals surface area contributed by atoms with Crippen LogP contribution in [0.3, 0.4) is 0 Å². The van der Waals surface area contributed by atoms with Crippen molar-refractivity contribution in [1.82, 2.24) is 10.3 Å². The van der Waals surface area contributed by atoms with E-state index in [1.165, 1.54) is 11.1 Å². The van der Waals surface area contributed by atoms with Crippen LogP contribution in [0.4, 0.5) is 0 Å². The second-order valence-corrected chi connectivity index (χ2v) is 5.84. The number of benzene rings is 1. The van der Waals surface area contributed by atoms with Gasteiger partial charge in [-0.25, -0.2) is 0 Å². The van der Waals surface area contributed by atoms with E-state index in [4.69, 9.17) is 11.6 Å². The third-order valence-electron chi connectivity index (χ3n) is 3.24. The number of hydrogen-bond acceptors (Lipinski definition) is 2. The third-order valence-corrected chi connectivity index (χ3v) is 4.07. The average molecular weight is 340 g/mol. The van der Waals surface area contributed by atoms with Crippen LogP contribution in [0.15, 0.2) is 41.1 Å². The van der Waals surface area contributed by atoms with E-state index in [1.807, 2.05) is 13.1 Å². The molecule has 0 aliphatic rings. The maximum absolute atomic E-state index is 6.18. The monoisotopic (exact) mass is 338 g/mol. The van der Waals surface area contributed by atoms with Gasteiger partial charge < -0.3 is 5.32 Å². The molecule has 1 atom stereocenters. The molecule has 0 amide bonds. The summed E-state index contributed by atoms with van der Waals surface area (Å²) >= 11 is 9.68. The molecule has 1 heterocycles. The van der Waals surface area contributed by atoms with Gasteiger partial charge >= 0.3 is 0 Å². The van der Waals surface area contributed by atoms with Crippen molar-refractivity contribution in [2.75, 3.05) is 7.05 Å². The predicted molar refractivity (Wildman–Crippen MR) is 83.6 cm³/mol. The van der Waals surface area contributed by atoms with Gasteiger partial charge in [-0.15, -0.1) is 0 Å². The first-order chi connectivity index (χ1) is 9.11. The van der Waals surface area contributed by atoms with Gasteiger partial charge in [0.2, 0.25) is 0 Å². The van der Waals surface area contributed by atoms with Crippen molar-refractivity contribution in [3.63, 3.8) is 0 Å². The van der Waals surface area contributed by atoms with Crippen molar-refractivity contribution >= 4 is 27.5 Å². The molecule has 2 nitrogen and oxygen atoms in total. The summed E-state index contributed by atoms with van der Waals surface area (Å²) in [5, 5.41) is 4.08. The van der Waals surface area contributed by atoms with Gasteiger partial charge in [0.25, 0.3) is 0 Å². The van der Waals surface area contributed by atoms with Crippen molar-refractivity contribution in [3.8, 4) is 0 Å². The van der Waals surface area contributed by atoms with Gasteiger partial charge in [-0.2, -0.15) is 0 Å². The molecule has 0 aliphatic carbocycles. The zero-order valence-corrected chi connectivity index (χ0v) is 13.3. The molecule has 0 spiro atoms. The molecule has 0 saturated heterocycles. The summed E-state index contributed by atoms with van der Waals surface area (Å²) in [5.41, 5.74) is 3.66. The lowest BCUT2D eigenvalue weighted by Crippen LogP contribution is -2.20. The summed E-state index contributed by atoms with van der Waals surface area (Å²) in [6, 6.07) is 8.57. The van der Waals surface area contributed by atoms with Gasteiger partial charge in [0, 0.05) is 22.9 Å². The minimum Gasteiger partial charge on any atom is -0.313 e. The first-order valence-corrected chi connectivity index (χ1v) is 7.30. The van der Waals surface area contributed by atoms with E-state index in [0.717, 1.165) is 21.5 Å². The number of nitrogens with zero attached hydrogens (tertiary/aromatic N) is 1. The van der Waals surface area contributed by atoms with E-state index < -0.39 is 0 Å². The Morgan fingerprint density at radius 2 is 2.16 bits per heavy atom. The fourth-order valence-electron chi connectivity index (χ4n) is 2.19. The van der Waals surface area contributed by atoms with Crippen LogP contribution >= 0.6 is 27.5 Å². The summed E-state index contributed by atoms with van der Waals surface area (Å²) < 4.78 is 1.10. The van der Waals surface area contributed by atoms with Gasteiger partial charge in [0.1, 0.15) is 0 Å².